The number of nitrogens with one attached hydrogen (secondary N) is 1. The van der Waals surface area contributed by atoms with Crippen molar-refractivity contribution in [3.63, 3.8) is 0 Å². The van der Waals surface area contributed by atoms with Gasteiger partial charge in [-0.2, -0.15) is 13.2 Å². The minimum atomic E-state index is -5.09. The molecule has 0 fully saturated rings. The molecule has 0 spiro atoms. The molecule has 4 aromatic rings. The second-order valence-corrected chi connectivity index (χ2v) is 8.44. The van der Waals surface area contributed by atoms with Crippen LogP contribution in [0, 0.1) is 10.1 Å². The average molecular weight is 513 g/mol. The minimum Gasteiger partial charge on any atom is -0.427 e. The van der Waals surface area contributed by atoms with E-state index in [0.717, 1.165) is 11.6 Å². The number of halogens is 3. The Morgan fingerprint density at radius 1 is 1.08 bits per heavy atom. The lowest BCUT2D eigenvalue weighted by Crippen LogP contribution is -2.47. The van der Waals surface area contributed by atoms with Gasteiger partial charge in [0.25, 0.3) is 5.69 Å². The summed E-state index contributed by atoms with van der Waals surface area (Å²) in [4.78, 5) is 21.8. The lowest BCUT2D eigenvalue weighted by atomic mass is 9.92. The maximum Gasteiger partial charge on any atom is 0.423 e. The van der Waals surface area contributed by atoms with Gasteiger partial charge in [0.1, 0.15) is 5.75 Å². The third-order valence-electron chi connectivity index (χ3n) is 5.85. The molecular weight excluding hydrogens is 491 g/mol. The molecular formula is C26H22F3N3O5. The molecule has 4 rings (SSSR count). The van der Waals surface area contributed by atoms with Gasteiger partial charge in [0.15, 0.2) is 0 Å². The molecule has 2 N–H and O–H groups in total. The number of benzene rings is 3. The van der Waals surface area contributed by atoms with E-state index in [-0.39, 0.29) is 34.6 Å². The van der Waals surface area contributed by atoms with Crippen LogP contribution >= 0.6 is 0 Å². The first-order valence-corrected chi connectivity index (χ1v) is 11.1. The lowest BCUT2D eigenvalue weighted by Gasteiger charge is -2.31. The number of hydrogen-bond donors (Lipinski definition) is 2. The highest BCUT2D eigenvalue weighted by Crippen LogP contribution is 2.43. The van der Waals surface area contributed by atoms with Gasteiger partial charge in [-0.3, -0.25) is 14.9 Å². The number of non-ortho nitro benzene ring substituents is 1. The number of esters is 1. The Hall–Kier alpha value is -4.38. The zero-order valence-corrected chi connectivity index (χ0v) is 19.5. The van der Waals surface area contributed by atoms with Crippen LogP contribution in [0.5, 0.6) is 5.75 Å². The van der Waals surface area contributed by atoms with Crippen LogP contribution in [0.2, 0.25) is 0 Å². The fourth-order valence-electron chi connectivity index (χ4n) is 4.02. The number of carbonyl (C=O) groups excluding carboxylic acids is 1. The number of ether oxygens (including phenoxy) is 1. The first-order chi connectivity index (χ1) is 17.5. The SMILES string of the molecule is CC(=O)Oc1ccc(NCC(O)(c2cn(Cc3ccccc3)c3cc([N+](=O)[O-])ccc23)C(F)(F)F)cc1. The highest BCUT2D eigenvalue weighted by molar-refractivity contribution is 5.87. The standard InChI is InChI=1S/C26H22F3N3O5/c1-17(33)37-21-10-7-19(8-11-21)30-16-25(34,26(27,28)29)23-15-31(14-18-5-3-2-4-6-18)24-13-20(32(35)36)9-12-22(23)24/h2-13,15,30,34H,14,16H2,1H3. The number of nitrogens with zero attached hydrogens (tertiary/aromatic N) is 2. The third-order valence-corrected chi connectivity index (χ3v) is 5.85. The van der Waals surface area contributed by atoms with Crippen molar-refractivity contribution in [2.24, 2.45) is 0 Å². The average Bonchev–Trinajstić information content (AvgIpc) is 3.21. The van der Waals surface area contributed by atoms with Crippen LogP contribution in [0.4, 0.5) is 24.5 Å². The number of hydrogen-bond acceptors (Lipinski definition) is 6. The van der Waals surface area contributed by atoms with E-state index >= 15 is 0 Å². The van der Waals surface area contributed by atoms with Gasteiger partial charge in [0, 0.05) is 48.4 Å². The van der Waals surface area contributed by atoms with E-state index in [1.54, 1.807) is 30.3 Å². The van der Waals surface area contributed by atoms with E-state index in [9.17, 15) is 33.2 Å². The Kier molecular flexibility index (Phi) is 6.90. The number of aromatic nitrogens is 1. The number of anilines is 1. The predicted molar refractivity (Wildman–Crippen MR) is 130 cm³/mol. The van der Waals surface area contributed by atoms with Gasteiger partial charge in [-0.05, 0) is 35.9 Å². The van der Waals surface area contributed by atoms with E-state index in [0.29, 0.717) is 0 Å². The maximum absolute atomic E-state index is 14.4. The Balaban J connectivity index is 1.75. The largest absolute Gasteiger partial charge is 0.427 e. The van der Waals surface area contributed by atoms with Gasteiger partial charge in [-0.15, -0.1) is 0 Å². The zero-order valence-electron chi connectivity index (χ0n) is 19.5. The van der Waals surface area contributed by atoms with Crippen LogP contribution in [0.1, 0.15) is 18.1 Å². The summed E-state index contributed by atoms with van der Waals surface area (Å²) in [5.41, 5.74) is -2.86. The zero-order chi connectivity index (χ0) is 26.8. The fourth-order valence-corrected chi connectivity index (χ4v) is 4.02. The summed E-state index contributed by atoms with van der Waals surface area (Å²) < 4.78 is 49.6. The molecule has 0 aliphatic heterocycles. The first kappa shape index (κ1) is 25.7. The molecule has 0 bridgehead atoms. The van der Waals surface area contributed by atoms with E-state index in [2.05, 4.69) is 5.32 Å². The number of nitro groups is 1. The van der Waals surface area contributed by atoms with Crippen molar-refractivity contribution >= 4 is 28.2 Å². The topological polar surface area (TPSA) is 107 Å². The number of rotatable bonds is 8. The summed E-state index contributed by atoms with van der Waals surface area (Å²) >= 11 is 0. The summed E-state index contributed by atoms with van der Waals surface area (Å²) in [7, 11) is 0. The summed E-state index contributed by atoms with van der Waals surface area (Å²) in [5, 5.41) is 25.1. The Labute approximate surface area is 209 Å². The van der Waals surface area contributed by atoms with Crippen molar-refractivity contribution in [3.05, 3.63) is 100 Å². The molecule has 1 atom stereocenters. The highest BCUT2D eigenvalue weighted by Gasteiger charge is 2.56. The Morgan fingerprint density at radius 3 is 2.35 bits per heavy atom. The van der Waals surface area contributed by atoms with E-state index in [1.165, 1.54) is 54.1 Å². The number of nitro benzene ring substituents is 1. The Morgan fingerprint density at radius 2 is 1.76 bits per heavy atom. The third kappa shape index (κ3) is 5.41. The predicted octanol–water partition coefficient (Wildman–Crippen LogP) is 5.39. The van der Waals surface area contributed by atoms with Gasteiger partial charge in [0.2, 0.25) is 5.60 Å². The van der Waals surface area contributed by atoms with Crippen molar-refractivity contribution in [3.8, 4) is 5.75 Å². The molecule has 11 heteroatoms. The molecule has 0 radical (unpaired) electrons. The summed E-state index contributed by atoms with van der Waals surface area (Å²) in [5.74, 6) is -0.325. The van der Waals surface area contributed by atoms with Crippen LogP contribution < -0.4 is 10.1 Å². The monoisotopic (exact) mass is 513 g/mol. The second kappa shape index (κ2) is 9.94. The number of carbonyl (C=O) groups is 1. The molecule has 1 heterocycles. The smallest absolute Gasteiger partial charge is 0.423 e. The number of aliphatic hydroxyl groups is 1. The summed E-state index contributed by atoms with van der Waals surface area (Å²) in [6.07, 6.45) is -3.91. The molecule has 192 valence electrons. The van der Waals surface area contributed by atoms with Crippen LogP contribution in [0.3, 0.4) is 0 Å². The lowest BCUT2D eigenvalue weighted by molar-refractivity contribution is -0.384. The van der Waals surface area contributed by atoms with Crippen molar-refractivity contribution in [1.29, 1.82) is 0 Å². The van der Waals surface area contributed by atoms with Crippen LogP contribution in [-0.2, 0) is 16.9 Å². The Bertz CT molecular complexity index is 1440. The molecule has 8 nitrogen and oxygen atoms in total. The molecule has 0 aliphatic carbocycles. The van der Waals surface area contributed by atoms with Gasteiger partial charge in [-0.25, -0.2) is 0 Å². The molecule has 0 saturated carbocycles. The quantitative estimate of drug-likeness (QED) is 0.142. The molecule has 0 amide bonds. The van der Waals surface area contributed by atoms with Crippen LogP contribution in [0.15, 0.2) is 79.0 Å². The normalized spacial score (nSPS) is 13.2. The van der Waals surface area contributed by atoms with Crippen LogP contribution in [-0.4, -0.2) is 33.3 Å². The van der Waals surface area contributed by atoms with E-state index in [1.807, 2.05) is 0 Å². The van der Waals surface area contributed by atoms with E-state index in [4.69, 9.17) is 4.74 Å². The van der Waals surface area contributed by atoms with Gasteiger partial charge in [-0.1, -0.05) is 30.3 Å². The van der Waals surface area contributed by atoms with Crippen molar-refractivity contribution in [2.45, 2.75) is 25.2 Å². The van der Waals surface area contributed by atoms with Crippen LogP contribution in [0.25, 0.3) is 10.9 Å². The first-order valence-electron chi connectivity index (χ1n) is 11.1. The second-order valence-electron chi connectivity index (χ2n) is 8.44. The van der Waals surface area contributed by atoms with Gasteiger partial charge >= 0.3 is 12.1 Å². The number of fused-ring (bicyclic) bond motifs is 1. The minimum absolute atomic E-state index is 0.0355. The van der Waals surface area contributed by atoms with Crippen molar-refractivity contribution < 1.29 is 32.7 Å². The highest BCUT2D eigenvalue weighted by atomic mass is 19.4. The molecule has 0 saturated heterocycles. The van der Waals surface area contributed by atoms with Gasteiger partial charge in [0.05, 0.1) is 17.0 Å². The summed E-state index contributed by atoms with van der Waals surface area (Å²) in [6.45, 7) is 0.417. The van der Waals surface area contributed by atoms with Crippen molar-refractivity contribution in [2.75, 3.05) is 11.9 Å². The van der Waals surface area contributed by atoms with Gasteiger partial charge < -0.3 is 19.7 Å². The molecule has 0 aliphatic rings. The molecule has 37 heavy (non-hydrogen) atoms. The maximum atomic E-state index is 14.4. The fraction of sp³-hybridized carbons (Fsp3) is 0.192. The molecule has 3 aromatic carbocycles. The summed E-state index contributed by atoms with van der Waals surface area (Å²) in [6, 6.07) is 18.0. The van der Waals surface area contributed by atoms with E-state index < -0.39 is 34.8 Å². The molecule has 1 unspecified atom stereocenters. The van der Waals surface area contributed by atoms with Crippen molar-refractivity contribution in [1.82, 2.24) is 4.57 Å². The molecule has 1 aromatic heterocycles. The number of alkyl halides is 3.